The highest BCUT2D eigenvalue weighted by Crippen LogP contribution is 2.24. The highest BCUT2D eigenvalue weighted by Gasteiger charge is 2.14. The monoisotopic (exact) mass is 253 g/mol. The Morgan fingerprint density at radius 1 is 1.50 bits per heavy atom. The lowest BCUT2D eigenvalue weighted by atomic mass is 10.1. The van der Waals surface area contributed by atoms with E-state index in [1.54, 1.807) is 13.0 Å². The molecule has 0 aliphatic rings. The first kappa shape index (κ1) is 9.27. The van der Waals surface area contributed by atoms with Gasteiger partial charge in [0.25, 0.3) is 0 Å². The maximum atomic E-state index is 11.0. The minimum atomic E-state index is -0.893. The van der Waals surface area contributed by atoms with E-state index in [4.69, 9.17) is 5.11 Å². The fourth-order valence-electron chi connectivity index (χ4n) is 1.58. The molecular formula is C10H8BrNO2. The second kappa shape index (κ2) is 3.13. The van der Waals surface area contributed by atoms with Crippen LogP contribution in [0.15, 0.2) is 22.7 Å². The number of H-pyrrole nitrogens is 1. The summed E-state index contributed by atoms with van der Waals surface area (Å²) in [5, 5.41) is 9.74. The largest absolute Gasteiger partial charge is 0.478 e. The van der Waals surface area contributed by atoms with Gasteiger partial charge in [-0.3, -0.25) is 0 Å². The van der Waals surface area contributed by atoms with Crippen molar-refractivity contribution in [1.29, 1.82) is 0 Å². The van der Waals surface area contributed by atoms with Gasteiger partial charge in [-0.1, -0.05) is 22.0 Å². The quantitative estimate of drug-likeness (QED) is 0.821. The zero-order valence-corrected chi connectivity index (χ0v) is 9.05. The van der Waals surface area contributed by atoms with E-state index in [9.17, 15) is 4.79 Å². The number of aromatic amines is 1. The Morgan fingerprint density at radius 2 is 2.21 bits per heavy atom. The summed E-state index contributed by atoms with van der Waals surface area (Å²) >= 11 is 3.34. The average Bonchev–Trinajstić information content (AvgIpc) is 2.39. The number of nitrogens with one attached hydrogen (secondary N) is 1. The number of halogens is 1. The van der Waals surface area contributed by atoms with Crippen LogP contribution in [0.2, 0.25) is 0 Å². The lowest BCUT2D eigenvalue weighted by molar-refractivity contribution is 0.0698. The van der Waals surface area contributed by atoms with E-state index < -0.39 is 5.97 Å². The Balaban J connectivity index is 2.84. The molecule has 4 heteroatoms. The van der Waals surface area contributed by atoms with Gasteiger partial charge >= 0.3 is 5.97 Å². The van der Waals surface area contributed by atoms with E-state index in [1.807, 2.05) is 12.1 Å². The zero-order valence-electron chi connectivity index (χ0n) is 7.47. The van der Waals surface area contributed by atoms with E-state index in [1.165, 1.54) is 0 Å². The van der Waals surface area contributed by atoms with Gasteiger partial charge in [-0.15, -0.1) is 0 Å². The molecule has 0 unspecified atom stereocenters. The molecule has 14 heavy (non-hydrogen) atoms. The van der Waals surface area contributed by atoms with Crippen LogP contribution < -0.4 is 0 Å². The Morgan fingerprint density at radius 3 is 2.86 bits per heavy atom. The molecule has 0 saturated carbocycles. The molecule has 0 fully saturated rings. The average molecular weight is 254 g/mol. The molecular weight excluding hydrogens is 246 g/mol. The van der Waals surface area contributed by atoms with Crippen molar-refractivity contribution in [2.45, 2.75) is 6.92 Å². The lowest BCUT2D eigenvalue weighted by Gasteiger charge is -1.93. The van der Waals surface area contributed by atoms with Crippen molar-refractivity contribution in [3.05, 3.63) is 33.9 Å². The van der Waals surface area contributed by atoms with E-state index in [-0.39, 0.29) is 0 Å². The predicted octanol–water partition coefficient (Wildman–Crippen LogP) is 2.94. The third kappa shape index (κ3) is 1.32. The van der Waals surface area contributed by atoms with Crippen LogP contribution in [0, 0.1) is 6.92 Å². The van der Waals surface area contributed by atoms with Crippen molar-refractivity contribution >= 4 is 32.8 Å². The number of fused-ring (bicyclic) bond motifs is 1. The molecule has 0 radical (unpaired) electrons. The topological polar surface area (TPSA) is 53.1 Å². The number of aromatic nitrogens is 1. The molecule has 1 aromatic heterocycles. The van der Waals surface area contributed by atoms with Crippen LogP contribution in [0.4, 0.5) is 0 Å². The van der Waals surface area contributed by atoms with Crippen molar-refractivity contribution in [1.82, 2.24) is 4.98 Å². The molecule has 2 aromatic rings. The molecule has 72 valence electrons. The third-order valence-electron chi connectivity index (χ3n) is 2.16. The van der Waals surface area contributed by atoms with Crippen LogP contribution in [0.3, 0.4) is 0 Å². The molecule has 2 N–H and O–H groups in total. The molecule has 0 bridgehead atoms. The third-order valence-corrected chi connectivity index (χ3v) is 2.66. The van der Waals surface area contributed by atoms with Crippen LogP contribution in [0.25, 0.3) is 10.9 Å². The van der Waals surface area contributed by atoms with Crippen LogP contribution in [-0.4, -0.2) is 16.1 Å². The van der Waals surface area contributed by atoms with Gasteiger partial charge in [0.1, 0.15) is 0 Å². The van der Waals surface area contributed by atoms with Gasteiger partial charge in [0.2, 0.25) is 0 Å². The number of aryl methyl sites for hydroxylation is 1. The van der Waals surface area contributed by atoms with Crippen LogP contribution in [0.5, 0.6) is 0 Å². The molecule has 1 aromatic carbocycles. The zero-order chi connectivity index (χ0) is 10.3. The first-order valence-electron chi connectivity index (χ1n) is 4.10. The molecule has 0 atom stereocenters. The maximum Gasteiger partial charge on any atom is 0.338 e. The number of hydrogen-bond donors (Lipinski definition) is 2. The number of benzene rings is 1. The minimum Gasteiger partial charge on any atom is -0.478 e. The van der Waals surface area contributed by atoms with Crippen LogP contribution in [-0.2, 0) is 0 Å². The highest BCUT2D eigenvalue weighted by molar-refractivity contribution is 9.10. The Kier molecular flexibility index (Phi) is 2.07. The van der Waals surface area contributed by atoms with E-state index in [0.717, 1.165) is 15.4 Å². The molecule has 3 nitrogen and oxygen atoms in total. The summed E-state index contributed by atoms with van der Waals surface area (Å²) in [5.74, 6) is -0.893. The molecule has 0 spiro atoms. The van der Waals surface area contributed by atoms with Gasteiger partial charge in [-0.05, 0) is 19.1 Å². The standard InChI is InChI=1S/C10H8BrNO2/c1-5-9(10(13)14)7-3-2-6(11)4-8(7)12-5/h2-4,12H,1H3,(H,13,14). The van der Waals surface area contributed by atoms with Crippen molar-refractivity contribution in [3.63, 3.8) is 0 Å². The first-order chi connectivity index (χ1) is 6.59. The van der Waals surface area contributed by atoms with Crippen molar-refractivity contribution in [2.75, 3.05) is 0 Å². The highest BCUT2D eigenvalue weighted by atomic mass is 79.9. The Bertz CT molecular complexity index is 516. The fraction of sp³-hybridized carbons (Fsp3) is 0.100. The summed E-state index contributed by atoms with van der Waals surface area (Å²) in [6, 6.07) is 5.50. The number of carboxylic acids is 1. The first-order valence-corrected chi connectivity index (χ1v) is 4.90. The molecule has 0 amide bonds. The molecule has 0 saturated heterocycles. The summed E-state index contributed by atoms with van der Waals surface area (Å²) < 4.78 is 0.934. The molecule has 0 aliphatic heterocycles. The Hall–Kier alpha value is -1.29. The second-order valence-electron chi connectivity index (χ2n) is 3.12. The lowest BCUT2D eigenvalue weighted by Crippen LogP contribution is -1.96. The van der Waals surface area contributed by atoms with Gasteiger partial charge in [-0.25, -0.2) is 4.79 Å². The summed E-state index contributed by atoms with van der Waals surface area (Å²) in [7, 11) is 0. The summed E-state index contributed by atoms with van der Waals surface area (Å²) in [5.41, 5.74) is 1.88. The van der Waals surface area contributed by atoms with Crippen molar-refractivity contribution in [2.24, 2.45) is 0 Å². The molecule has 1 heterocycles. The molecule has 2 rings (SSSR count). The number of aromatic carboxylic acids is 1. The van der Waals surface area contributed by atoms with E-state index >= 15 is 0 Å². The number of rotatable bonds is 1. The normalized spacial score (nSPS) is 10.7. The van der Waals surface area contributed by atoms with Gasteiger partial charge in [-0.2, -0.15) is 0 Å². The number of carboxylic acid groups (broad SMARTS) is 1. The van der Waals surface area contributed by atoms with Crippen molar-refractivity contribution < 1.29 is 9.90 Å². The van der Waals surface area contributed by atoms with Gasteiger partial charge in [0.05, 0.1) is 5.56 Å². The second-order valence-corrected chi connectivity index (χ2v) is 4.04. The van der Waals surface area contributed by atoms with Gasteiger partial charge in [0.15, 0.2) is 0 Å². The van der Waals surface area contributed by atoms with Gasteiger partial charge < -0.3 is 10.1 Å². The summed E-state index contributed by atoms with van der Waals surface area (Å²) in [6.07, 6.45) is 0. The van der Waals surface area contributed by atoms with E-state index in [0.29, 0.717) is 11.3 Å². The number of carbonyl (C=O) groups is 1. The minimum absolute atomic E-state index is 0.354. The fourth-order valence-corrected chi connectivity index (χ4v) is 1.94. The predicted molar refractivity (Wildman–Crippen MR) is 57.7 cm³/mol. The summed E-state index contributed by atoms with van der Waals surface area (Å²) in [4.78, 5) is 14.0. The Labute approximate surface area is 88.9 Å². The van der Waals surface area contributed by atoms with E-state index in [2.05, 4.69) is 20.9 Å². The maximum absolute atomic E-state index is 11.0. The van der Waals surface area contributed by atoms with Crippen LogP contribution in [0.1, 0.15) is 16.1 Å². The smallest absolute Gasteiger partial charge is 0.338 e. The summed E-state index contributed by atoms with van der Waals surface area (Å²) in [6.45, 7) is 1.76. The van der Waals surface area contributed by atoms with Crippen molar-refractivity contribution in [3.8, 4) is 0 Å². The SMILES string of the molecule is Cc1[nH]c2cc(Br)ccc2c1C(=O)O. The van der Waals surface area contributed by atoms with Crippen LogP contribution >= 0.6 is 15.9 Å². The van der Waals surface area contributed by atoms with Gasteiger partial charge in [0, 0.05) is 21.1 Å². The number of hydrogen-bond acceptors (Lipinski definition) is 1. The molecule has 0 aliphatic carbocycles.